The second-order valence-electron chi connectivity index (χ2n) is 4.20. The Labute approximate surface area is 108 Å². The quantitative estimate of drug-likeness (QED) is 0.794. The molecule has 1 rings (SSSR count). The molecule has 17 heavy (non-hydrogen) atoms. The number of halogens is 1. The molecule has 0 saturated carbocycles. The van der Waals surface area contributed by atoms with Crippen LogP contribution >= 0.6 is 11.6 Å². The zero-order valence-corrected chi connectivity index (χ0v) is 11.4. The Morgan fingerprint density at radius 1 is 1.47 bits per heavy atom. The Bertz CT molecular complexity index is 357. The molecular formula is C13H20ClNO2. The maximum absolute atomic E-state index is 8.86. The normalized spacial score (nSPS) is 12.8. The smallest absolute Gasteiger partial charge is 0.123 e. The van der Waals surface area contributed by atoms with E-state index < -0.39 is 0 Å². The van der Waals surface area contributed by atoms with Gasteiger partial charge in [-0.3, -0.25) is 0 Å². The van der Waals surface area contributed by atoms with E-state index in [1.54, 1.807) is 7.11 Å². The zero-order valence-electron chi connectivity index (χ0n) is 10.6. The fraction of sp³-hybridized carbons (Fsp3) is 0.538. The van der Waals surface area contributed by atoms with E-state index in [0.717, 1.165) is 16.9 Å². The van der Waals surface area contributed by atoms with Crippen molar-refractivity contribution < 1.29 is 9.84 Å². The van der Waals surface area contributed by atoms with Gasteiger partial charge in [0.1, 0.15) is 5.75 Å². The van der Waals surface area contributed by atoms with Crippen LogP contribution in [0.3, 0.4) is 0 Å². The molecule has 0 aliphatic rings. The van der Waals surface area contributed by atoms with Gasteiger partial charge in [-0.15, -0.1) is 11.6 Å². The van der Waals surface area contributed by atoms with Crippen molar-refractivity contribution in [1.82, 2.24) is 4.90 Å². The van der Waals surface area contributed by atoms with Crippen molar-refractivity contribution >= 4 is 11.6 Å². The van der Waals surface area contributed by atoms with Crippen molar-refractivity contribution in [1.29, 1.82) is 0 Å². The van der Waals surface area contributed by atoms with Gasteiger partial charge in [0.25, 0.3) is 0 Å². The van der Waals surface area contributed by atoms with Gasteiger partial charge in [-0.1, -0.05) is 17.7 Å². The lowest BCUT2D eigenvalue weighted by atomic mass is 10.1. The predicted octanol–water partition coefficient (Wildman–Crippen LogP) is 2.21. The summed E-state index contributed by atoms with van der Waals surface area (Å²) < 4.78 is 5.31. The number of hydrogen-bond acceptors (Lipinski definition) is 3. The molecule has 1 N–H and O–H groups in total. The summed E-state index contributed by atoms with van der Waals surface area (Å²) in [5.74, 6) is 0.813. The minimum atomic E-state index is -0.138. The van der Waals surface area contributed by atoms with Crippen LogP contribution in [0.2, 0.25) is 0 Å². The van der Waals surface area contributed by atoms with Crippen molar-refractivity contribution in [3.63, 3.8) is 0 Å². The molecule has 96 valence electrons. The third kappa shape index (κ3) is 4.19. The van der Waals surface area contributed by atoms with Gasteiger partial charge in [0.2, 0.25) is 0 Å². The highest BCUT2D eigenvalue weighted by molar-refractivity contribution is 6.21. The van der Waals surface area contributed by atoms with E-state index in [0.29, 0.717) is 13.1 Å². The number of alkyl halides is 1. The summed E-state index contributed by atoms with van der Waals surface area (Å²) in [5, 5.41) is 8.72. The van der Waals surface area contributed by atoms with Crippen LogP contribution in [0.1, 0.15) is 16.5 Å². The number of rotatable bonds is 6. The molecule has 0 saturated heterocycles. The van der Waals surface area contributed by atoms with Gasteiger partial charge >= 0.3 is 0 Å². The van der Waals surface area contributed by atoms with Crippen LogP contribution < -0.4 is 4.74 Å². The first-order valence-electron chi connectivity index (χ1n) is 5.66. The first-order chi connectivity index (χ1) is 8.08. The van der Waals surface area contributed by atoms with Crippen LogP contribution in [0.4, 0.5) is 0 Å². The van der Waals surface area contributed by atoms with Crippen molar-refractivity contribution in [2.75, 3.05) is 33.9 Å². The highest BCUT2D eigenvalue weighted by atomic mass is 35.5. The van der Waals surface area contributed by atoms with E-state index in [2.05, 4.69) is 0 Å². The summed E-state index contributed by atoms with van der Waals surface area (Å²) in [6.07, 6.45) is 0. The summed E-state index contributed by atoms with van der Waals surface area (Å²) in [6.45, 7) is 3.48. The molecule has 0 aliphatic heterocycles. The fourth-order valence-electron chi connectivity index (χ4n) is 1.73. The lowest BCUT2D eigenvalue weighted by molar-refractivity contribution is 0.221. The van der Waals surface area contributed by atoms with Gasteiger partial charge in [-0.2, -0.15) is 0 Å². The molecule has 0 heterocycles. The van der Waals surface area contributed by atoms with Gasteiger partial charge in [0, 0.05) is 18.7 Å². The third-order valence-electron chi connectivity index (χ3n) is 2.68. The number of aryl methyl sites for hydroxylation is 1. The number of aliphatic hydroxyl groups is 1. The number of methoxy groups -OCH3 is 1. The fourth-order valence-corrected chi connectivity index (χ4v) is 2.14. The molecule has 0 aliphatic carbocycles. The highest BCUT2D eigenvalue weighted by Crippen LogP contribution is 2.30. The minimum absolute atomic E-state index is 0.138. The van der Waals surface area contributed by atoms with Crippen molar-refractivity contribution in [2.24, 2.45) is 0 Å². The Morgan fingerprint density at radius 2 is 2.18 bits per heavy atom. The standard InChI is InChI=1S/C13H20ClNO2/c1-10-4-5-13(17-3)11(8-10)12(14)9-15(2)6-7-16/h4-5,8,12,16H,6-7,9H2,1-3H3. The first kappa shape index (κ1) is 14.3. The van der Waals surface area contributed by atoms with E-state index >= 15 is 0 Å². The van der Waals surface area contributed by atoms with Gasteiger partial charge in [0.05, 0.1) is 19.1 Å². The van der Waals surface area contributed by atoms with Gasteiger partial charge in [0.15, 0.2) is 0 Å². The van der Waals surface area contributed by atoms with E-state index in [4.69, 9.17) is 21.4 Å². The summed E-state index contributed by atoms with van der Waals surface area (Å²) in [5.41, 5.74) is 2.16. The molecule has 1 atom stereocenters. The van der Waals surface area contributed by atoms with Crippen LogP contribution in [0.15, 0.2) is 18.2 Å². The molecule has 0 bridgehead atoms. The average Bonchev–Trinajstić information content (AvgIpc) is 2.29. The van der Waals surface area contributed by atoms with Gasteiger partial charge in [-0.25, -0.2) is 0 Å². The summed E-state index contributed by atoms with van der Waals surface area (Å²) >= 11 is 6.39. The number of ether oxygens (including phenoxy) is 1. The Hall–Kier alpha value is -0.770. The van der Waals surface area contributed by atoms with Crippen molar-refractivity contribution in [3.05, 3.63) is 29.3 Å². The van der Waals surface area contributed by atoms with E-state index in [-0.39, 0.29) is 12.0 Å². The second kappa shape index (κ2) is 6.84. The van der Waals surface area contributed by atoms with Gasteiger partial charge in [-0.05, 0) is 20.0 Å². The maximum Gasteiger partial charge on any atom is 0.123 e. The van der Waals surface area contributed by atoms with Gasteiger partial charge < -0.3 is 14.7 Å². The number of likely N-dealkylation sites (N-methyl/N-ethyl adjacent to an activating group) is 1. The number of benzene rings is 1. The molecule has 0 fully saturated rings. The van der Waals surface area contributed by atoms with Crippen LogP contribution in [0.25, 0.3) is 0 Å². The zero-order chi connectivity index (χ0) is 12.8. The van der Waals surface area contributed by atoms with Crippen LogP contribution in [-0.4, -0.2) is 43.9 Å². The number of hydrogen-bond donors (Lipinski definition) is 1. The summed E-state index contributed by atoms with van der Waals surface area (Å²) in [7, 11) is 3.59. The Kier molecular flexibility index (Phi) is 5.75. The van der Waals surface area contributed by atoms with Crippen LogP contribution in [0.5, 0.6) is 5.75 Å². The molecule has 0 amide bonds. The van der Waals surface area contributed by atoms with Crippen LogP contribution in [-0.2, 0) is 0 Å². The molecule has 0 aromatic heterocycles. The lowest BCUT2D eigenvalue weighted by Crippen LogP contribution is -2.25. The van der Waals surface area contributed by atoms with E-state index in [1.165, 1.54) is 0 Å². The third-order valence-corrected chi connectivity index (χ3v) is 3.05. The van der Waals surface area contributed by atoms with E-state index in [9.17, 15) is 0 Å². The molecule has 0 radical (unpaired) electrons. The molecule has 1 aromatic rings. The monoisotopic (exact) mass is 257 g/mol. The predicted molar refractivity (Wildman–Crippen MR) is 70.9 cm³/mol. The maximum atomic E-state index is 8.86. The molecule has 1 unspecified atom stereocenters. The highest BCUT2D eigenvalue weighted by Gasteiger charge is 2.15. The number of aliphatic hydroxyl groups excluding tert-OH is 1. The van der Waals surface area contributed by atoms with Crippen molar-refractivity contribution in [3.8, 4) is 5.75 Å². The molecule has 3 nitrogen and oxygen atoms in total. The Balaban J connectivity index is 2.79. The second-order valence-corrected chi connectivity index (χ2v) is 4.73. The summed E-state index contributed by atoms with van der Waals surface area (Å²) in [6, 6.07) is 5.98. The van der Waals surface area contributed by atoms with Crippen LogP contribution in [0, 0.1) is 6.92 Å². The topological polar surface area (TPSA) is 32.7 Å². The van der Waals surface area contributed by atoms with Crippen molar-refractivity contribution in [2.45, 2.75) is 12.3 Å². The SMILES string of the molecule is COc1ccc(C)cc1C(Cl)CN(C)CCO. The number of nitrogens with zero attached hydrogens (tertiary/aromatic N) is 1. The molecule has 0 spiro atoms. The van der Waals surface area contributed by atoms with E-state index in [1.807, 2.05) is 37.1 Å². The Morgan fingerprint density at radius 3 is 2.76 bits per heavy atom. The summed E-state index contributed by atoms with van der Waals surface area (Å²) in [4.78, 5) is 2.00. The largest absolute Gasteiger partial charge is 0.496 e. The lowest BCUT2D eigenvalue weighted by Gasteiger charge is -2.21. The minimum Gasteiger partial charge on any atom is -0.496 e. The molecule has 1 aromatic carbocycles. The molecule has 4 heteroatoms. The molecular weight excluding hydrogens is 238 g/mol. The first-order valence-corrected chi connectivity index (χ1v) is 6.10. The average molecular weight is 258 g/mol.